The smallest absolute Gasteiger partial charge is 0.244 e. The fourth-order valence-electron chi connectivity index (χ4n) is 11.6. The maximum absolute atomic E-state index is 11.0. The molecular weight excluding hydrogens is 761 g/mol. The highest BCUT2D eigenvalue weighted by molar-refractivity contribution is 7.01. The third-order valence-electron chi connectivity index (χ3n) is 14.4. The van der Waals surface area contributed by atoms with Crippen LogP contribution in [0.25, 0.3) is 98.8 Å². The number of fused-ring (bicyclic) bond motifs is 12. The Kier molecular flexibility index (Phi) is 7.15. The maximum atomic E-state index is 11.0. The van der Waals surface area contributed by atoms with E-state index in [-0.39, 0.29) is 17.5 Å². The summed E-state index contributed by atoms with van der Waals surface area (Å²) in [4.78, 5) is 0. The van der Waals surface area contributed by atoms with Crippen molar-refractivity contribution in [1.82, 2.24) is 9.13 Å². The number of aromatic nitrogens is 2. The first kappa shape index (κ1) is 36.3. The molecule has 63 heavy (non-hydrogen) atoms. The highest BCUT2D eigenvalue weighted by Crippen LogP contribution is 2.49. The fourth-order valence-corrected chi connectivity index (χ4v) is 11.6. The number of benzene rings is 9. The van der Waals surface area contributed by atoms with Gasteiger partial charge in [-0.15, -0.1) is 0 Å². The molecule has 2 aromatic heterocycles. The number of nitrogens with zero attached hydrogens (tertiary/aromatic N) is 3. The molecule has 4 heteroatoms. The van der Waals surface area contributed by atoms with E-state index in [2.05, 4.69) is 214 Å². The van der Waals surface area contributed by atoms with Gasteiger partial charge in [0.2, 0.25) is 6.71 Å². The Labute approximate surface area is 367 Å². The molecule has 2 aliphatic rings. The van der Waals surface area contributed by atoms with Gasteiger partial charge in [0, 0.05) is 32.9 Å². The van der Waals surface area contributed by atoms with Crippen LogP contribution in [0.1, 0.15) is 58.2 Å². The second kappa shape index (κ2) is 12.4. The summed E-state index contributed by atoms with van der Waals surface area (Å²) in [7, 11) is 0. The molecule has 0 saturated heterocycles. The predicted molar refractivity (Wildman–Crippen MR) is 268 cm³/mol. The number of hydrogen-bond donors (Lipinski definition) is 0. The van der Waals surface area contributed by atoms with Gasteiger partial charge in [0.15, 0.2) is 0 Å². The Morgan fingerprint density at radius 3 is 1.29 bits per heavy atom. The van der Waals surface area contributed by atoms with E-state index < -0.39 is 0 Å². The summed E-state index contributed by atoms with van der Waals surface area (Å²) in [5.74, 6) is 0. The van der Waals surface area contributed by atoms with Gasteiger partial charge in [0.1, 0.15) is 0 Å². The summed E-state index contributed by atoms with van der Waals surface area (Å²) in [5, 5.41) is 20.9. The minimum absolute atomic E-state index is 0.00151. The zero-order chi connectivity index (χ0) is 42.7. The van der Waals surface area contributed by atoms with Crippen molar-refractivity contribution in [3.63, 3.8) is 0 Å². The zero-order valence-electron chi connectivity index (χ0n) is 36.4. The van der Waals surface area contributed by atoms with E-state index in [1.165, 1.54) is 104 Å². The first-order valence-corrected chi connectivity index (χ1v) is 22.3. The molecule has 0 bridgehead atoms. The van der Waals surface area contributed by atoms with Crippen LogP contribution in [0, 0.1) is 11.3 Å². The van der Waals surface area contributed by atoms with E-state index in [4.69, 9.17) is 0 Å². The van der Waals surface area contributed by atoms with Crippen LogP contribution in [0.4, 0.5) is 0 Å². The Morgan fingerprint density at radius 1 is 0.444 bits per heavy atom. The van der Waals surface area contributed by atoms with Crippen LogP contribution in [0.3, 0.4) is 0 Å². The van der Waals surface area contributed by atoms with Crippen molar-refractivity contribution < 1.29 is 0 Å². The lowest BCUT2D eigenvalue weighted by molar-refractivity contribution is 0.590. The Morgan fingerprint density at radius 2 is 0.873 bits per heavy atom. The monoisotopic (exact) mass is 805 g/mol. The van der Waals surface area contributed by atoms with Gasteiger partial charge in [-0.1, -0.05) is 155 Å². The summed E-state index contributed by atoms with van der Waals surface area (Å²) in [5.41, 5.74) is 19.2. The average Bonchev–Trinajstić information content (AvgIpc) is 3.80. The van der Waals surface area contributed by atoms with Crippen LogP contribution in [-0.4, -0.2) is 15.8 Å². The highest BCUT2D eigenvalue weighted by Gasteiger charge is 2.41. The molecule has 4 heterocycles. The third kappa shape index (κ3) is 4.86. The van der Waals surface area contributed by atoms with E-state index in [1.807, 2.05) is 0 Å². The van der Waals surface area contributed by atoms with Gasteiger partial charge >= 0.3 is 0 Å². The molecule has 0 radical (unpaired) electrons. The van der Waals surface area contributed by atoms with Gasteiger partial charge in [-0.2, -0.15) is 5.26 Å². The minimum atomic E-state index is 0.00151. The average molecular weight is 806 g/mol. The highest BCUT2D eigenvalue weighted by atomic mass is 15.0. The molecule has 0 unspecified atom stereocenters. The van der Waals surface area contributed by atoms with Gasteiger partial charge < -0.3 is 9.13 Å². The van der Waals surface area contributed by atoms with Gasteiger partial charge in [0.25, 0.3) is 0 Å². The van der Waals surface area contributed by atoms with Gasteiger partial charge in [0.05, 0.1) is 33.7 Å². The molecule has 11 aromatic rings. The maximum Gasteiger partial charge on any atom is 0.244 e. The topological polar surface area (TPSA) is 33.6 Å². The standard InChI is InChI=1S/C59H44BN3/c1-58(2,3)37-21-25-39(26-22-37)62-47-19-9-7-15-41(47)53-49(62)31-35-13-11-17-45-51(35)55(53)43-29-34(33-61)30-44-56-52-36(14-12-18-46(52)60(45)57(43)44)32-50-54(56)42-16-8-10-20-48(42)63(50)40-27-23-38(24-28-40)59(4,5)6/h7-32H,1-6H3. The summed E-state index contributed by atoms with van der Waals surface area (Å²) in [6, 6.07) is 61.7. The molecule has 2 aliphatic heterocycles. The molecule has 0 spiro atoms. The molecule has 0 saturated carbocycles. The van der Waals surface area contributed by atoms with Gasteiger partial charge in [-0.25, -0.2) is 0 Å². The van der Waals surface area contributed by atoms with Crippen molar-refractivity contribution in [2.75, 3.05) is 0 Å². The van der Waals surface area contributed by atoms with Crippen LogP contribution in [0.2, 0.25) is 0 Å². The van der Waals surface area contributed by atoms with Crippen molar-refractivity contribution in [3.05, 3.63) is 174 Å². The van der Waals surface area contributed by atoms with Crippen LogP contribution in [0.5, 0.6) is 0 Å². The normalized spacial score (nSPS) is 13.2. The first-order chi connectivity index (χ1) is 30.5. The number of rotatable bonds is 2. The predicted octanol–water partition coefficient (Wildman–Crippen LogP) is 13.1. The molecule has 9 aromatic carbocycles. The Bertz CT molecular complexity index is 3610. The Hall–Kier alpha value is -7.35. The minimum Gasteiger partial charge on any atom is -0.309 e. The number of nitriles is 1. The quantitative estimate of drug-likeness (QED) is 0.160. The van der Waals surface area contributed by atoms with E-state index in [9.17, 15) is 5.26 Å². The lowest BCUT2D eigenvalue weighted by Gasteiger charge is -2.35. The number of hydrogen-bond acceptors (Lipinski definition) is 1. The molecule has 0 N–H and O–H groups in total. The van der Waals surface area contributed by atoms with E-state index >= 15 is 0 Å². The van der Waals surface area contributed by atoms with Crippen molar-refractivity contribution in [2.45, 2.75) is 52.4 Å². The first-order valence-electron chi connectivity index (χ1n) is 22.3. The van der Waals surface area contributed by atoms with E-state index in [1.54, 1.807) is 0 Å². The SMILES string of the molecule is CC(C)(C)c1ccc(-n2c3ccccc3c3c4c5c(cccc5cc32)B2c3c-4cc(C#N)cc3-c3c4c2cccc4cc2c3c3ccccc3n2-c2ccc(C(C)(C)C)cc2)cc1. The second-order valence-electron chi connectivity index (χ2n) is 20.0. The largest absolute Gasteiger partial charge is 0.309 e. The van der Waals surface area contributed by atoms with Crippen molar-refractivity contribution in [2.24, 2.45) is 0 Å². The molecular formula is C59H44BN3. The summed E-state index contributed by atoms with van der Waals surface area (Å²) >= 11 is 0. The molecule has 3 nitrogen and oxygen atoms in total. The molecule has 0 aliphatic carbocycles. The molecule has 0 amide bonds. The van der Waals surface area contributed by atoms with Gasteiger partial charge in [-0.3, -0.25) is 0 Å². The fraction of sp³-hybridized carbons (Fsp3) is 0.136. The van der Waals surface area contributed by atoms with Crippen LogP contribution in [-0.2, 0) is 10.8 Å². The van der Waals surface area contributed by atoms with E-state index in [0.717, 1.165) is 22.5 Å². The molecule has 298 valence electrons. The lowest BCUT2D eigenvalue weighted by Crippen LogP contribution is -2.57. The summed E-state index contributed by atoms with van der Waals surface area (Å²) in [6.07, 6.45) is 0. The number of para-hydroxylation sites is 2. The van der Waals surface area contributed by atoms with Crippen molar-refractivity contribution >= 4 is 88.3 Å². The van der Waals surface area contributed by atoms with Crippen LogP contribution in [0.15, 0.2) is 158 Å². The Balaban J connectivity index is 1.18. The van der Waals surface area contributed by atoms with Gasteiger partial charge in [-0.05, 0) is 126 Å². The second-order valence-corrected chi connectivity index (χ2v) is 20.0. The zero-order valence-corrected chi connectivity index (χ0v) is 36.4. The van der Waals surface area contributed by atoms with Crippen molar-refractivity contribution in [1.29, 1.82) is 5.26 Å². The lowest BCUT2D eigenvalue weighted by atomic mass is 9.31. The molecule has 13 rings (SSSR count). The third-order valence-corrected chi connectivity index (χ3v) is 14.4. The van der Waals surface area contributed by atoms with E-state index in [0.29, 0.717) is 5.56 Å². The molecule has 0 fully saturated rings. The summed E-state index contributed by atoms with van der Waals surface area (Å²) < 4.78 is 4.91. The summed E-state index contributed by atoms with van der Waals surface area (Å²) in [6.45, 7) is 13.6. The molecule has 0 atom stereocenters. The van der Waals surface area contributed by atoms with Crippen LogP contribution >= 0.6 is 0 Å². The van der Waals surface area contributed by atoms with Crippen molar-refractivity contribution in [3.8, 4) is 39.7 Å². The van der Waals surface area contributed by atoms with Crippen LogP contribution < -0.4 is 16.4 Å².